The molecule has 0 aliphatic heterocycles. The van der Waals surface area contributed by atoms with Gasteiger partial charge in [0.05, 0.1) is 29.4 Å². The Balaban J connectivity index is 1.74. The molecule has 22 heavy (non-hydrogen) atoms. The van der Waals surface area contributed by atoms with E-state index in [4.69, 9.17) is 4.74 Å². The number of nitrogens with zero attached hydrogens (tertiary/aromatic N) is 1. The van der Waals surface area contributed by atoms with Gasteiger partial charge in [-0.2, -0.15) is 0 Å². The Kier molecular flexibility index (Phi) is 3.93. The molecule has 0 fully saturated rings. The van der Waals surface area contributed by atoms with Crippen LogP contribution < -0.4 is 10.1 Å². The number of phenolic OH excluding ortho intramolecular Hbond substituents is 1. The lowest BCUT2D eigenvalue weighted by molar-refractivity contribution is 0.0948. The molecule has 6 heteroatoms. The fraction of sp³-hybridized carbons (Fsp3) is 0.125. The molecule has 112 valence electrons. The number of methoxy groups -OCH3 is 1. The van der Waals surface area contributed by atoms with E-state index in [1.54, 1.807) is 6.07 Å². The number of aromatic nitrogens is 1. The number of carbonyl (C=O) groups excluding carboxylic acids is 1. The van der Waals surface area contributed by atoms with Gasteiger partial charge in [0.1, 0.15) is 16.5 Å². The summed E-state index contributed by atoms with van der Waals surface area (Å²) in [5, 5.41) is 13.4. The standard InChI is InChI=1S/C16H14N2O3S/c1-21-10-6-7-13(19)11(8-10)16(20)17-9-15-18-12-4-2-3-5-14(12)22-15/h2-8,19H,9H2,1H3,(H,17,20). The van der Waals surface area contributed by atoms with Crippen LogP contribution in [0.5, 0.6) is 11.5 Å². The van der Waals surface area contributed by atoms with Gasteiger partial charge < -0.3 is 15.2 Å². The summed E-state index contributed by atoms with van der Waals surface area (Å²) < 4.78 is 6.14. The largest absolute Gasteiger partial charge is 0.507 e. The molecule has 0 aliphatic rings. The summed E-state index contributed by atoms with van der Waals surface area (Å²) in [5.74, 6) is 0.0705. The van der Waals surface area contributed by atoms with E-state index in [2.05, 4.69) is 10.3 Å². The zero-order chi connectivity index (χ0) is 15.5. The number of carbonyl (C=O) groups is 1. The van der Waals surface area contributed by atoms with E-state index in [-0.39, 0.29) is 17.2 Å². The van der Waals surface area contributed by atoms with Gasteiger partial charge in [0.15, 0.2) is 0 Å². The van der Waals surface area contributed by atoms with Crippen molar-refractivity contribution in [2.24, 2.45) is 0 Å². The van der Waals surface area contributed by atoms with Crippen LogP contribution in [-0.4, -0.2) is 23.1 Å². The van der Waals surface area contributed by atoms with E-state index < -0.39 is 0 Å². The Morgan fingerprint density at radius 3 is 2.91 bits per heavy atom. The molecule has 0 bridgehead atoms. The van der Waals surface area contributed by atoms with E-state index in [9.17, 15) is 9.90 Å². The number of fused-ring (bicyclic) bond motifs is 1. The highest BCUT2D eigenvalue weighted by atomic mass is 32.1. The first-order valence-corrected chi connectivity index (χ1v) is 7.48. The monoisotopic (exact) mass is 314 g/mol. The minimum absolute atomic E-state index is 0.0809. The lowest BCUT2D eigenvalue weighted by Crippen LogP contribution is -2.22. The maximum Gasteiger partial charge on any atom is 0.255 e. The number of hydrogen-bond acceptors (Lipinski definition) is 5. The average molecular weight is 314 g/mol. The van der Waals surface area contributed by atoms with Crippen LogP contribution in [0.4, 0.5) is 0 Å². The second-order valence-corrected chi connectivity index (χ2v) is 5.76. The molecular weight excluding hydrogens is 300 g/mol. The molecule has 3 aromatic rings. The van der Waals surface area contributed by atoms with Crippen molar-refractivity contribution >= 4 is 27.5 Å². The number of hydrogen-bond donors (Lipinski definition) is 2. The molecule has 0 unspecified atom stereocenters. The third-order valence-electron chi connectivity index (χ3n) is 3.19. The Labute approximate surface area is 131 Å². The number of phenols is 1. The molecule has 3 rings (SSSR count). The molecule has 0 saturated carbocycles. The van der Waals surface area contributed by atoms with Gasteiger partial charge in [-0.3, -0.25) is 4.79 Å². The van der Waals surface area contributed by atoms with Gasteiger partial charge in [-0.05, 0) is 30.3 Å². The Bertz CT molecular complexity index is 796. The minimum atomic E-state index is -0.365. The van der Waals surface area contributed by atoms with Gasteiger partial charge in [-0.25, -0.2) is 4.98 Å². The highest BCUT2D eigenvalue weighted by Gasteiger charge is 2.13. The zero-order valence-corrected chi connectivity index (χ0v) is 12.7. The predicted molar refractivity (Wildman–Crippen MR) is 85.4 cm³/mol. The highest BCUT2D eigenvalue weighted by Crippen LogP contribution is 2.24. The van der Waals surface area contributed by atoms with Crippen molar-refractivity contribution in [1.29, 1.82) is 0 Å². The van der Waals surface area contributed by atoms with Gasteiger partial charge in [0.2, 0.25) is 0 Å². The van der Waals surface area contributed by atoms with Crippen molar-refractivity contribution in [3.8, 4) is 11.5 Å². The molecule has 0 spiro atoms. The number of para-hydroxylation sites is 1. The number of aromatic hydroxyl groups is 1. The van der Waals surface area contributed by atoms with Crippen molar-refractivity contribution in [2.45, 2.75) is 6.54 Å². The van der Waals surface area contributed by atoms with Crippen molar-refractivity contribution in [3.05, 3.63) is 53.0 Å². The molecule has 0 radical (unpaired) electrons. The summed E-state index contributed by atoms with van der Waals surface area (Å²) in [6.45, 7) is 0.314. The first-order valence-electron chi connectivity index (χ1n) is 6.67. The van der Waals surface area contributed by atoms with Gasteiger partial charge in [0, 0.05) is 0 Å². The van der Waals surface area contributed by atoms with Crippen LogP contribution in [0.3, 0.4) is 0 Å². The molecule has 2 N–H and O–H groups in total. The fourth-order valence-corrected chi connectivity index (χ4v) is 2.98. The van der Waals surface area contributed by atoms with E-state index in [0.717, 1.165) is 15.2 Å². The van der Waals surface area contributed by atoms with Crippen molar-refractivity contribution in [2.75, 3.05) is 7.11 Å². The molecule has 0 atom stereocenters. The van der Waals surface area contributed by atoms with E-state index in [1.165, 1.54) is 30.6 Å². The second-order valence-electron chi connectivity index (χ2n) is 4.64. The molecular formula is C16H14N2O3S. The predicted octanol–water partition coefficient (Wildman–Crippen LogP) is 2.94. The van der Waals surface area contributed by atoms with Crippen LogP contribution in [0.25, 0.3) is 10.2 Å². The van der Waals surface area contributed by atoms with Crippen LogP contribution >= 0.6 is 11.3 Å². The van der Waals surface area contributed by atoms with E-state index >= 15 is 0 Å². The second kappa shape index (κ2) is 6.03. The molecule has 0 saturated heterocycles. The van der Waals surface area contributed by atoms with E-state index in [1.807, 2.05) is 24.3 Å². The average Bonchev–Trinajstić information content (AvgIpc) is 2.96. The van der Waals surface area contributed by atoms with Crippen LogP contribution in [0.1, 0.15) is 15.4 Å². The summed E-state index contributed by atoms with van der Waals surface area (Å²) in [7, 11) is 1.51. The van der Waals surface area contributed by atoms with E-state index in [0.29, 0.717) is 12.3 Å². The first-order chi connectivity index (χ1) is 10.7. The van der Waals surface area contributed by atoms with Crippen LogP contribution in [0, 0.1) is 0 Å². The summed E-state index contributed by atoms with van der Waals surface area (Å²) in [6.07, 6.45) is 0. The maximum absolute atomic E-state index is 12.2. The summed E-state index contributed by atoms with van der Waals surface area (Å²) >= 11 is 1.53. The summed E-state index contributed by atoms with van der Waals surface area (Å²) in [4.78, 5) is 16.6. The molecule has 5 nitrogen and oxygen atoms in total. The Morgan fingerprint density at radius 2 is 2.14 bits per heavy atom. The topological polar surface area (TPSA) is 71.5 Å². The number of rotatable bonds is 4. The number of nitrogens with one attached hydrogen (secondary N) is 1. The third kappa shape index (κ3) is 2.87. The van der Waals surface area contributed by atoms with Gasteiger partial charge in [-0.1, -0.05) is 12.1 Å². The summed E-state index contributed by atoms with van der Waals surface area (Å²) in [6, 6.07) is 12.3. The minimum Gasteiger partial charge on any atom is -0.507 e. The SMILES string of the molecule is COc1ccc(O)c(C(=O)NCc2nc3ccccc3s2)c1. The van der Waals surface area contributed by atoms with Crippen molar-refractivity contribution < 1.29 is 14.6 Å². The van der Waals surface area contributed by atoms with Crippen molar-refractivity contribution in [3.63, 3.8) is 0 Å². The fourth-order valence-electron chi connectivity index (χ4n) is 2.07. The molecule has 1 aromatic heterocycles. The Hall–Kier alpha value is -2.60. The third-order valence-corrected chi connectivity index (χ3v) is 4.22. The number of thiazole rings is 1. The lowest BCUT2D eigenvalue weighted by Gasteiger charge is -2.07. The van der Waals surface area contributed by atoms with Gasteiger partial charge >= 0.3 is 0 Å². The van der Waals surface area contributed by atoms with Gasteiger partial charge in [-0.15, -0.1) is 11.3 Å². The number of benzene rings is 2. The smallest absolute Gasteiger partial charge is 0.255 e. The molecule has 2 aromatic carbocycles. The number of amides is 1. The normalized spacial score (nSPS) is 10.6. The highest BCUT2D eigenvalue weighted by molar-refractivity contribution is 7.18. The van der Waals surface area contributed by atoms with Gasteiger partial charge in [0.25, 0.3) is 5.91 Å². The molecule has 1 heterocycles. The zero-order valence-electron chi connectivity index (χ0n) is 11.9. The molecule has 1 amide bonds. The first kappa shape index (κ1) is 14.3. The van der Waals surface area contributed by atoms with Crippen LogP contribution in [-0.2, 0) is 6.54 Å². The number of ether oxygens (including phenoxy) is 1. The van der Waals surface area contributed by atoms with Crippen LogP contribution in [0.2, 0.25) is 0 Å². The molecule has 0 aliphatic carbocycles. The van der Waals surface area contributed by atoms with Crippen LogP contribution in [0.15, 0.2) is 42.5 Å². The lowest BCUT2D eigenvalue weighted by atomic mass is 10.2. The van der Waals surface area contributed by atoms with Crippen molar-refractivity contribution in [1.82, 2.24) is 10.3 Å². The summed E-state index contributed by atoms with van der Waals surface area (Å²) in [5.41, 5.74) is 1.10. The quantitative estimate of drug-likeness (QED) is 0.776. The maximum atomic E-state index is 12.2. The Morgan fingerprint density at radius 1 is 1.32 bits per heavy atom.